The van der Waals surface area contributed by atoms with Crippen LogP contribution in [0.2, 0.25) is 0 Å². The fraction of sp³-hybridized carbons (Fsp3) is 0.105. The van der Waals surface area contributed by atoms with Crippen molar-refractivity contribution in [2.24, 2.45) is 0 Å². The number of carboxylic acid groups (broad SMARTS) is 1. The van der Waals surface area contributed by atoms with Gasteiger partial charge in [0, 0.05) is 0 Å². The third-order valence-electron chi connectivity index (χ3n) is 3.80. The van der Waals surface area contributed by atoms with Crippen LogP contribution in [0.3, 0.4) is 0 Å². The lowest BCUT2D eigenvalue weighted by molar-refractivity contribution is -0.274. The normalized spacial score (nSPS) is 15.8. The van der Waals surface area contributed by atoms with Crippen molar-refractivity contribution < 1.29 is 32.6 Å². The van der Waals surface area contributed by atoms with Crippen LogP contribution in [0.4, 0.5) is 13.2 Å². The van der Waals surface area contributed by atoms with Crippen molar-refractivity contribution in [2.45, 2.75) is 12.9 Å². The summed E-state index contributed by atoms with van der Waals surface area (Å²) in [7, 11) is 0. The Hall–Kier alpha value is -2.85. The number of thioether (sulfide) groups is 1. The molecule has 10 heteroatoms. The number of carbonyl (C=O) groups is 2. The molecule has 3 rings (SSSR count). The van der Waals surface area contributed by atoms with Crippen molar-refractivity contribution in [3.63, 3.8) is 0 Å². The fourth-order valence-corrected chi connectivity index (χ4v) is 3.79. The molecule has 1 amide bonds. The van der Waals surface area contributed by atoms with E-state index in [-0.39, 0.29) is 28.1 Å². The lowest BCUT2D eigenvalue weighted by Gasteiger charge is -2.15. The monoisotopic (exact) mass is 439 g/mol. The van der Waals surface area contributed by atoms with Gasteiger partial charge in [0.25, 0.3) is 5.91 Å². The van der Waals surface area contributed by atoms with Crippen LogP contribution in [0.5, 0.6) is 5.75 Å². The van der Waals surface area contributed by atoms with Crippen molar-refractivity contribution in [3.8, 4) is 5.75 Å². The number of ether oxygens (including phenoxy) is 1. The number of hydrogen-bond acceptors (Lipinski definition) is 5. The Kier molecular flexibility index (Phi) is 5.94. The number of hydrogen-bond donors (Lipinski definition) is 1. The van der Waals surface area contributed by atoms with Crippen LogP contribution in [0.15, 0.2) is 53.4 Å². The average molecular weight is 439 g/mol. The van der Waals surface area contributed by atoms with Crippen molar-refractivity contribution in [2.75, 3.05) is 0 Å². The Bertz CT molecular complexity index is 1000. The molecule has 0 aromatic heterocycles. The second-order valence-electron chi connectivity index (χ2n) is 5.89. The van der Waals surface area contributed by atoms with E-state index >= 15 is 0 Å². The molecule has 1 saturated heterocycles. The summed E-state index contributed by atoms with van der Waals surface area (Å²) in [5, 5.41) is 8.92. The van der Waals surface area contributed by atoms with Gasteiger partial charge in [-0.3, -0.25) is 9.69 Å². The highest BCUT2D eigenvalue weighted by atomic mass is 32.2. The van der Waals surface area contributed by atoms with Gasteiger partial charge in [0.2, 0.25) is 0 Å². The molecule has 1 aliphatic rings. The number of carboxylic acids is 1. The van der Waals surface area contributed by atoms with E-state index in [4.69, 9.17) is 17.3 Å². The van der Waals surface area contributed by atoms with Gasteiger partial charge < -0.3 is 9.84 Å². The van der Waals surface area contributed by atoms with Crippen LogP contribution in [0.25, 0.3) is 6.08 Å². The zero-order valence-electron chi connectivity index (χ0n) is 14.5. The van der Waals surface area contributed by atoms with Gasteiger partial charge in [-0.25, -0.2) is 4.79 Å². The third kappa shape index (κ3) is 5.36. The Balaban J connectivity index is 1.75. The molecule has 0 saturated carbocycles. The second kappa shape index (κ2) is 8.26. The summed E-state index contributed by atoms with van der Waals surface area (Å²) in [6, 6.07) is 11.3. The quantitative estimate of drug-likeness (QED) is 0.539. The summed E-state index contributed by atoms with van der Waals surface area (Å²) in [6.45, 7) is -0.00494. The van der Waals surface area contributed by atoms with Gasteiger partial charge >= 0.3 is 12.3 Å². The molecule has 0 spiro atoms. The predicted molar refractivity (Wildman–Crippen MR) is 105 cm³/mol. The Morgan fingerprint density at radius 1 is 1.21 bits per heavy atom. The summed E-state index contributed by atoms with van der Waals surface area (Å²) in [5.74, 6) is -1.82. The van der Waals surface area contributed by atoms with Crippen LogP contribution in [-0.4, -0.2) is 32.6 Å². The molecule has 1 heterocycles. The van der Waals surface area contributed by atoms with E-state index in [9.17, 15) is 22.8 Å². The molecule has 0 aliphatic carbocycles. The van der Waals surface area contributed by atoms with Gasteiger partial charge in [0.15, 0.2) is 0 Å². The first kappa shape index (κ1) is 20.9. The zero-order chi connectivity index (χ0) is 21.2. The highest BCUT2D eigenvalue weighted by Crippen LogP contribution is 2.34. The minimum absolute atomic E-state index is 0.00494. The number of carbonyl (C=O) groups excluding carboxylic acids is 1. The van der Waals surface area contributed by atoms with Crippen LogP contribution in [-0.2, 0) is 11.3 Å². The highest BCUT2D eigenvalue weighted by Gasteiger charge is 2.33. The predicted octanol–water partition coefficient (Wildman–Crippen LogP) is 4.68. The molecule has 0 unspecified atom stereocenters. The molecule has 29 heavy (non-hydrogen) atoms. The largest absolute Gasteiger partial charge is 0.573 e. The van der Waals surface area contributed by atoms with Gasteiger partial charge in [0.1, 0.15) is 10.1 Å². The molecule has 0 radical (unpaired) electrons. The molecule has 2 aromatic carbocycles. The van der Waals surface area contributed by atoms with Gasteiger partial charge in [-0.1, -0.05) is 48.2 Å². The molecule has 2 aromatic rings. The van der Waals surface area contributed by atoms with Crippen LogP contribution >= 0.6 is 24.0 Å². The number of nitrogens with zero attached hydrogens (tertiary/aromatic N) is 1. The Labute approximate surface area is 172 Å². The van der Waals surface area contributed by atoms with Gasteiger partial charge in [-0.15, -0.1) is 13.2 Å². The first-order chi connectivity index (χ1) is 13.6. The van der Waals surface area contributed by atoms with Crippen molar-refractivity contribution in [1.82, 2.24) is 4.90 Å². The SMILES string of the molecule is O=C(O)c1ccc(/C=C2\SC(=S)N(Cc3cccc(OC(F)(F)F)c3)C2=O)cc1. The van der Waals surface area contributed by atoms with Gasteiger partial charge in [-0.2, -0.15) is 0 Å². The first-order valence-corrected chi connectivity index (χ1v) is 9.28. The highest BCUT2D eigenvalue weighted by molar-refractivity contribution is 8.26. The summed E-state index contributed by atoms with van der Waals surface area (Å²) >= 11 is 6.29. The number of alkyl halides is 3. The number of amides is 1. The van der Waals surface area contributed by atoms with E-state index in [1.54, 1.807) is 24.3 Å². The molecule has 1 aliphatic heterocycles. The third-order valence-corrected chi connectivity index (χ3v) is 5.18. The van der Waals surface area contributed by atoms with E-state index in [2.05, 4.69) is 4.74 Å². The summed E-state index contributed by atoms with van der Waals surface area (Å²) in [4.78, 5) is 25.2. The number of aromatic carboxylic acids is 1. The smallest absolute Gasteiger partial charge is 0.478 e. The molecule has 150 valence electrons. The van der Waals surface area contributed by atoms with E-state index in [0.717, 1.165) is 11.8 Å². The van der Waals surface area contributed by atoms with E-state index in [1.807, 2.05) is 0 Å². The minimum Gasteiger partial charge on any atom is -0.478 e. The molecule has 0 bridgehead atoms. The van der Waals surface area contributed by atoms with E-state index < -0.39 is 12.3 Å². The van der Waals surface area contributed by atoms with Crippen LogP contribution in [0.1, 0.15) is 21.5 Å². The molecular formula is C19H12F3NO4S2. The number of halogens is 3. The number of rotatable bonds is 5. The fourth-order valence-electron chi connectivity index (χ4n) is 2.53. The van der Waals surface area contributed by atoms with Crippen molar-refractivity contribution in [1.29, 1.82) is 0 Å². The Morgan fingerprint density at radius 3 is 2.52 bits per heavy atom. The zero-order valence-corrected chi connectivity index (χ0v) is 16.1. The van der Waals surface area contributed by atoms with Crippen LogP contribution in [0, 0.1) is 0 Å². The first-order valence-electron chi connectivity index (χ1n) is 8.06. The topological polar surface area (TPSA) is 66.8 Å². The second-order valence-corrected chi connectivity index (χ2v) is 7.57. The van der Waals surface area contributed by atoms with Crippen molar-refractivity contribution in [3.05, 3.63) is 70.1 Å². The number of thiocarbonyl (C=S) groups is 1. The van der Waals surface area contributed by atoms with Crippen molar-refractivity contribution >= 4 is 46.3 Å². The lowest BCUT2D eigenvalue weighted by Crippen LogP contribution is -2.27. The molecule has 1 fully saturated rings. The lowest BCUT2D eigenvalue weighted by atomic mass is 10.1. The van der Waals surface area contributed by atoms with E-state index in [1.165, 1.54) is 35.2 Å². The van der Waals surface area contributed by atoms with Gasteiger partial charge in [0.05, 0.1) is 17.0 Å². The minimum atomic E-state index is -4.81. The average Bonchev–Trinajstić information content (AvgIpc) is 2.88. The maximum atomic E-state index is 12.7. The molecular weight excluding hydrogens is 427 g/mol. The summed E-state index contributed by atoms with van der Waals surface area (Å²) in [6.07, 6.45) is -3.23. The van der Waals surface area contributed by atoms with E-state index in [0.29, 0.717) is 16.0 Å². The van der Waals surface area contributed by atoms with Gasteiger partial charge in [-0.05, 0) is 41.5 Å². The maximum Gasteiger partial charge on any atom is 0.573 e. The molecule has 1 N–H and O–H groups in total. The summed E-state index contributed by atoms with van der Waals surface area (Å²) in [5.41, 5.74) is 1.17. The Morgan fingerprint density at radius 2 is 1.90 bits per heavy atom. The maximum absolute atomic E-state index is 12.7. The standard InChI is InChI=1S/C19H12F3NO4S2/c20-19(21,22)27-14-3-1-2-12(8-14)10-23-16(24)15(29-18(23)28)9-11-4-6-13(7-5-11)17(25)26/h1-9H,10H2,(H,25,26)/b15-9-. The molecule has 0 atom stereocenters. The summed E-state index contributed by atoms with van der Waals surface area (Å²) < 4.78 is 41.3. The molecule has 5 nitrogen and oxygen atoms in total. The number of benzene rings is 2. The van der Waals surface area contributed by atoms with Crippen LogP contribution < -0.4 is 4.74 Å².